The van der Waals surface area contributed by atoms with Gasteiger partial charge in [-0.2, -0.15) is 0 Å². The average Bonchev–Trinajstić information content (AvgIpc) is 2.83. The van der Waals surface area contributed by atoms with Gasteiger partial charge in [0.1, 0.15) is 5.82 Å². The number of rotatable bonds is 6. The first-order valence-electron chi connectivity index (χ1n) is 7.20. The first-order valence-corrected chi connectivity index (χ1v) is 7.20. The van der Waals surface area contributed by atoms with Crippen molar-refractivity contribution in [3.05, 3.63) is 66.5 Å². The highest BCUT2D eigenvalue weighted by atomic mass is 16.1. The molecule has 4 nitrogen and oxygen atoms in total. The normalized spacial score (nSPS) is 10.3. The molecule has 4 heteroatoms. The summed E-state index contributed by atoms with van der Waals surface area (Å²) in [4.78, 5) is 16.4. The summed E-state index contributed by atoms with van der Waals surface area (Å²) in [7, 11) is 0. The maximum Gasteiger partial charge on any atom is 0.246 e. The molecule has 114 valence electrons. The van der Waals surface area contributed by atoms with Crippen LogP contribution >= 0.6 is 0 Å². The van der Waals surface area contributed by atoms with Gasteiger partial charge < -0.3 is 9.88 Å². The number of carbonyl (C=O) groups is 1. The van der Waals surface area contributed by atoms with E-state index < -0.39 is 0 Å². The molecule has 0 aliphatic rings. The van der Waals surface area contributed by atoms with Crippen LogP contribution < -0.4 is 5.32 Å². The van der Waals surface area contributed by atoms with E-state index in [0.29, 0.717) is 18.7 Å². The third kappa shape index (κ3) is 3.34. The Morgan fingerprint density at radius 1 is 1.36 bits per heavy atom. The first kappa shape index (κ1) is 15.8. The number of hydrogen-bond donors (Lipinski definition) is 1. The fraction of sp³-hybridized carbons (Fsp3) is 0.222. The number of hydrogen-bond acceptors (Lipinski definition) is 2. The van der Waals surface area contributed by atoms with Crippen LogP contribution in [0, 0.1) is 6.92 Å². The van der Waals surface area contributed by atoms with Crippen LogP contribution in [0.25, 0.3) is 11.4 Å². The van der Waals surface area contributed by atoms with E-state index in [1.165, 1.54) is 0 Å². The molecule has 0 spiro atoms. The summed E-state index contributed by atoms with van der Waals surface area (Å²) in [5, 5.41) is 2.83. The zero-order chi connectivity index (χ0) is 16.1. The molecule has 1 aromatic carbocycles. The highest BCUT2D eigenvalue weighted by Crippen LogP contribution is 2.22. The van der Waals surface area contributed by atoms with Gasteiger partial charge in [-0.05, 0) is 13.8 Å². The molecule has 1 amide bonds. The van der Waals surface area contributed by atoms with Crippen LogP contribution in [-0.4, -0.2) is 15.5 Å². The molecule has 1 aromatic heterocycles. The van der Waals surface area contributed by atoms with E-state index in [1.54, 1.807) is 6.92 Å². The topological polar surface area (TPSA) is 46.9 Å². The molecule has 1 N–H and O–H groups in total. The second-order valence-corrected chi connectivity index (χ2v) is 5.20. The molecule has 2 aromatic rings. The van der Waals surface area contributed by atoms with E-state index in [-0.39, 0.29) is 5.91 Å². The van der Waals surface area contributed by atoms with Gasteiger partial charge in [-0.1, -0.05) is 43.0 Å². The molecule has 0 aliphatic heterocycles. The van der Waals surface area contributed by atoms with Gasteiger partial charge in [0.2, 0.25) is 5.91 Å². The van der Waals surface area contributed by atoms with Gasteiger partial charge in [0.15, 0.2) is 0 Å². The van der Waals surface area contributed by atoms with Gasteiger partial charge in [0.25, 0.3) is 0 Å². The molecule has 22 heavy (non-hydrogen) atoms. The minimum absolute atomic E-state index is 0.154. The Kier molecular flexibility index (Phi) is 4.94. The molecule has 0 fully saturated rings. The molecule has 0 aliphatic carbocycles. The maximum absolute atomic E-state index is 11.7. The summed E-state index contributed by atoms with van der Waals surface area (Å²) >= 11 is 0. The zero-order valence-corrected chi connectivity index (χ0v) is 13.1. The smallest absolute Gasteiger partial charge is 0.246 e. The second kappa shape index (κ2) is 6.89. The Balaban J connectivity index is 2.34. The molecular formula is C18H21N3O. The number of nitrogens with zero attached hydrogens (tertiary/aromatic N) is 2. The van der Waals surface area contributed by atoms with Gasteiger partial charge in [0, 0.05) is 23.4 Å². The molecule has 0 bridgehead atoms. The largest absolute Gasteiger partial charge is 0.347 e. The van der Waals surface area contributed by atoms with Crippen molar-refractivity contribution in [2.45, 2.75) is 26.9 Å². The fourth-order valence-electron chi connectivity index (χ4n) is 2.23. The van der Waals surface area contributed by atoms with Crippen LogP contribution in [0.5, 0.6) is 0 Å². The Hall–Kier alpha value is -2.62. The lowest BCUT2D eigenvalue weighted by Gasteiger charge is -2.07. The molecule has 0 saturated carbocycles. The van der Waals surface area contributed by atoms with Gasteiger partial charge in [-0.3, -0.25) is 4.79 Å². The van der Waals surface area contributed by atoms with Crippen molar-refractivity contribution in [3.63, 3.8) is 0 Å². The third-order valence-corrected chi connectivity index (χ3v) is 3.47. The van der Waals surface area contributed by atoms with Crippen LogP contribution in [0.1, 0.15) is 18.3 Å². The van der Waals surface area contributed by atoms with Gasteiger partial charge in [-0.25, -0.2) is 4.98 Å². The highest BCUT2D eigenvalue weighted by Gasteiger charge is 2.15. The van der Waals surface area contributed by atoms with Crippen molar-refractivity contribution in [3.8, 4) is 11.4 Å². The Labute approximate surface area is 131 Å². The number of amides is 1. The minimum Gasteiger partial charge on any atom is -0.347 e. The van der Waals surface area contributed by atoms with E-state index in [9.17, 15) is 4.79 Å². The molecule has 0 saturated heterocycles. The van der Waals surface area contributed by atoms with Crippen molar-refractivity contribution in [2.24, 2.45) is 0 Å². The molecule has 0 radical (unpaired) electrons. The van der Waals surface area contributed by atoms with E-state index >= 15 is 0 Å². The van der Waals surface area contributed by atoms with Crippen LogP contribution in [0.3, 0.4) is 0 Å². The van der Waals surface area contributed by atoms with Crippen LogP contribution in [0.2, 0.25) is 0 Å². The maximum atomic E-state index is 11.7. The van der Waals surface area contributed by atoms with E-state index in [2.05, 4.69) is 23.0 Å². The van der Waals surface area contributed by atoms with Crippen LogP contribution in [-0.2, 0) is 17.9 Å². The monoisotopic (exact) mass is 295 g/mol. The molecule has 0 atom stereocenters. The quantitative estimate of drug-likeness (QED) is 0.657. The van der Waals surface area contributed by atoms with E-state index in [0.717, 1.165) is 22.8 Å². The van der Waals surface area contributed by atoms with Crippen molar-refractivity contribution in [1.82, 2.24) is 14.9 Å². The van der Waals surface area contributed by atoms with Crippen molar-refractivity contribution >= 4 is 5.91 Å². The number of nitrogens with one attached hydrogen (secondary N) is 1. The van der Waals surface area contributed by atoms with Crippen LogP contribution in [0.15, 0.2) is 55.1 Å². The van der Waals surface area contributed by atoms with Crippen molar-refractivity contribution in [1.29, 1.82) is 0 Å². The zero-order valence-electron chi connectivity index (χ0n) is 13.1. The van der Waals surface area contributed by atoms with Crippen molar-refractivity contribution < 1.29 is 4.79 Å². The Bertz CT molecular complexity index is 699. The van der Waals surface area contributed by atoms with Gasteiger partial charge >= 0.3 is 0 Å². The van der Waals surface area contributed by atoms with E-state index in [1.807, 2.05) is 43.3 Å². The van der Waals surface area contributed by atoms with Gasteiger partial charge in [0.05, 0.1) is 12.2 Å². The SMILES string of the molecule is C=CCn1c(-c2ccccc2)nc(CNC(=O)C(=C)C)c1C. The molecule has 1 heterocycles. The molecule has 2 rings (SSSR count). The summed E-state index contributed by atoms with van der Waals surface area (Å²) in [5.74, 6) is 0.733. The predicted molar refractivity (Wildman–Crippen MR) is 89.3 cm³/mol. The number of aromatic nitrogens is 2. The second-order valence-electron chi connectivity index (χ2n) is 5.20. The average molecular weight is 295 g/mol. The number of carbonyl (C=O) groups excluding carboxylic acids is 1. The van der Waals surface area contributed by atoms with E-state index in [4.69, 9.17) is 4.98 Å². The van der Waals surface area contributed by atoms with Crippen molar-refractivity contribution in [2.75, 3.05) is 0 Å². The lowest BCUT2D eigenvalue weighted by molar-refractivity contribution is -0.117. The lowest BCUT2D eigenvalue weighted by Crippen LogP contribution is -2.23. The lowest BCUT2D eigenvalue weighted by atomic mass is 10.2. The number of allylic oxidation sites excluding steroid dienone is 1. The number of imidazole rings is 1. The summed E-state index contributed by atoms with van der Waals surface area (Å²) in [6, 6.07) is 10.0. The van der Waals surface area contributed by atoms with Gasteiger partial charge in [-0.15, -0.1) is 6.58 Å². The fourth-order valence-corrected chi connectivity index (χ4v) is 2.23. The van der Waals surface area contributed by atoms with Crippen LogP contribution in [0.4, 0.5) is 0 Å². The Morgan fingerprint density at radius 2 is 2.05 bits per heavy atom. The predicted octanol–water partition coefficient (Wildman–Crippen LogP) is 3.24. The molecule has 0 unspecified atom stereocenters. The number of benzene rings is 1. The highest BCUT2D eigenvalue weighted by molar-refractivity contribution is 5.92. The summed E-state index contributed by atoms with van der Waals surface area (Å²) < 4.78 is 2.10. The third-order valence-electron chi connectivity index (χ3n) is 3.47. The Morgan fingerprint density at radius 3 is 2.64 bits per heavy atom. The first-order chi connectivity index (χ1) is 10.5. The molecular weight excluding hydrogens is 274 g/mol. The standard InChI is InChI=1S/C18H21N3O/c1-5-11-21-14(4)16(12-19-18(22)13(2)3)20-17(21)15-9-7-6-8-10-15/h5-10H,1-2,11-12H2,3-4H3,(H,19,22). The summed E-state index contributed by atoms with van der Waals surface area (Å²) in [6.45, 7) is 12.2. The summed E-state index contributed by atoms with van der Waals surface area (Å²) in [6.07, 6.45) is 1.84. The minimum atomic E-state index is -0.154. The summed E-state index contributed by atoms with van der Waals surface area (Å²) in [5.41, 5.74) is 3.42.